The maximum atomic E-state index is 12.9. The second-order valence-electron chi connectivity index (χ2n) is 7.70. The van der Waals surface area contributed by atoms with Crippen molar-refractivity contribution in [1.82, 2.24) is 19.2 Å². The number of nitrogens with zero attached hydrogens (tertiary/aromatic N) is 4. The van der Waals surface area contributed by atoms with Crippen molar-refractivity contribution in [1.29, 1.82) is 0 Å². The Balaban J connectivity index is 1.38. The van der Waals surface area contributed by atoms with Gasteiger partial charge in [-0.15, -0.1) is 0 Å². The number of halogens is 1. The highest BCUT2D eigenvalue weighted by molar-refractivity contribution is 7.92. The lowest BCUT2D eigenvalue weighted by Gasteiger charge is -2.33. The second kappa shape index (κ2) is 9.80. The number of aromatic nitrogens is 2. The smallest absolute Gasteiger partial charge is 0.253 e. The summed E-state index contributed by atoms with van der Waals surface area (Å²) in [5, 5.41) is 1.76. The molecule has 34 heavy (non-hydrogen) atoms. The highest BCUT2D eigenvalue weighted by atomic mass is 35.5. The van der Waals surface area contributed by atoms with Crippen LogP contribution in [0.5, 0.6) is 0 Å². The minimum absolute atomic E-state index is 0.0750. The summed E-state index contributed by atoms with van der Waals surface area (Å²) in [6, 6.07) is 15.4. The van der Waals surface area contributed by atoms with Gasteiger partial charge >= 0.3 is 0 Å². The zero-order valence-corrected chi connectivity index (χ0v) is 19.7. The molecular weight excluding hydrogens is 476 g/mol. The van der Waals surface area contributed by atoms with Crippen LogP contribution in [0.4, 0.5) is 11.8 Å². The van der Waals surface area contributed by atoms with Crippen molar-refractivity contribution in [3.63, 3.8) is 0 Å². The number of sulfonamides is 1. The first-order valence-corrected chi connectivity index (χ1v) is 12.3. The van der Waals surface area contributed by atoms with Crippen molar-refractivity contribution in [2.24, 2.45) is 0 Å². The molecule has 1 saturated heterocycles. The van der Waals surface area contributed by atoms with Crippen LogP contribution in [0.15, 0.2) is 60.0 Å². The predicted molar refractivity (Wildman–Crippen MR) is 133 cm³/mol. The number of anilines is 2. The fourth-order valence-electron chi connectivity index (χ4n) is 3.57. The van der Waals surface area contributed by atoms with Gasteiger partial charge in [-0.25, -0.2) is 13.4 Å². The quantitative estimate of drug-likeness (QED) is 0.552. The normalized spacial score (nSPS) is 15.0. The lowest BCUT2D eigenvalue weighted by Crippen LogP contribution is -2.50. The molecule has 0 aliphatic carbocycles. The molecule has 1 aromatic heterocycles. The van der Waals surface area contributed by atoms with Gasteiger partial charge in [-0.05, 0) is 35.9 Å². The first kappa shape index (κ1) is 23.7. The van der Waals surface area contributed by atoms with Crippen LogP contribution in [0.1, 0.15) is 15.9 Å². The van der Waals surface area contributed by atoms with Gasteiger partial charge < -0.3 is 16.4 Å². The van der Waals surface area contributed by atoms with Gasteiger partial charge in [0.05, 0.1) is 5.69 Å². The molecule has 0 bridgehead atoms. The summed E-state index contributed by atoms with van der Waals surface area (Å²) in [7, 11) is -3.60. The number of carbonyl (C=O) groups excluding carboxylic acids is 1. The minimum Gasteiger partial charge on any atom is -0.384 e. The summed E-state index contributed by atoms with van der Waals surface area (Å²) in [6.07, 6.45) is 1.53. The summed E-state index contributed by atoms with van der Waals surface area (Å²) < 4.78 is 26.7. The van der Waals surface area contributed by atoms with Crippen LogP contribution in [0.25, 0.3) is 17.3 Å². The number of benzene rings is 2. The Hall–Kier alpha value is -3.47. The molecule has 0 atom stereocenters. The molecule has 1 fully saturated rings. The average molecular weight is 499 g/mol. The van der Waals surface area contributed by atoms with E-state index in [1.54, 1.807) is 59.5 Å². The van der Waals surface area contributed by atoms with Crippen molar-refractivity contribution in [2.75, 3.05) is 37.6 Å². The van der Waals surface area contributed by atoms with E-state index in [-0.39, 0.29) is 30.8 Å². The lowest BCUT2D eigenvalue weighted by molar-refractivity contribution is 0.0698. The number of carbonyl (C=O) groups is 1. The Morgan fingerprint density at radius 3 is 2.21 bits per heavy atom. The zero-order valence-electron chi connectivity index (χ0n) is 18.1. The third-order valence-electron chi connectivity index (χ3n) is 5.38. The van der Waals surface area contributed by atoms with Crippen molar-refractivity contribution in [2.45, 2.75) is 0 Å². The number of nitrogens with two attached hydrogens (primary N) is 2. The monoisotopic (exact) mass is 498 g/mol. The third kappa shape index (κ3) is 5.53. The molecule has 2 aromatic carbocycles. The van der Waals surface area contributed by atoms with Crippen molar-refractivity contribution < 1.29 is 13.2 Å². The van der Waals surface area contributed by atoms with E-state index in [0.29, 0.717) is 29.4 Å². The number of piperazine rings is 1. The molecule has 0 unspecified atom stereocenters. The predicted octanol–water partition coefficient (Wildman–Crippen LogP) is 2.72. The van der Waals surface area contributed by atoms with Crippen LogP contribution in [0.3, 0.4) is 0 Å². The van der Waals surface area contributed by atoms with E-state index < -0.39 is 10.0 Å². The number of rotatable bonds is 5. The Morgan fingerprint density at radius 2 is 1.59 bits per heavy atom. The first-order valence-electron chi connectivity index (χ1n) is 10.4. The van der Waals surface area contributed by atoms with Crippen molar-refractivity contribution in [3.05, 3.63) is 76.2 Å². The van der Waals surface area contributed by atoms with Crippen LogP contribution >= 0.6 is 11.6 Å². The van der Waals surface area contributed by atoms with E-state index in [2.05, 4.69) is 9.97 Å². The standard InChI is InChI=1S/C23H23ClN6O3S/c24-19-7-1-16(2-8-19)9-14-34(32,33)30-12-10-29(11-13-30)22(31)18-5-3-17(4-6-18)20-15-21(25)28-23(26)27-20/h1-9,14-15H,10-13H2,(H4,25,26,27,28). The number of nitrogen functional groups attached to an aromatic ring is 2. The fraction of sp³-hybridized carbons (Fsp3) is 0.174. The largest absolute Gasteiger partial charge is 0.384 e. The molecule has 9 nitrogen and oxygen atoms in total. The molecule has 3 aromatic rings. The van der Waals surface area contributed by atoms with Gasteiger partial charge in [-0.2, -0.15) is 9.29 Å². The topological polar surface area (TPSA) is 136 Å². The molecule has 11 heteroatoms. The van der Waals surface area contributed by atoms with E-state index in [1.165, 1.54) is 15.8 Å². The first-order chi connectivity index (χ1) is 16.2. The second-order valence-corrected chi connectivity index (χ2v) is 9.96. The average Bonchev–Trinajstić information content (AvgIpc) is 2.83. The molecule has 1 aliphatic rings. The van der Waals surface area contributed by atoms with E-state index in [9.17, 15) is 13.2 Å². The molecule has 2 heterocycles. The minimum atomic E-state index is -3.60. The number of hydrogen-bond acceptors (Lipinski definition) is 7. The van der Waals surface area contributed by atoms with Crippen LogP contribution in [0.2, 0.25) is 5.02 Å². The Bertz CT molecular complexity index is 1300. The van der Waals surface area contributed by atoms with Crippen LogP contribution in [-0.4, -0.2) is 59.7 Å². The lowest BCUT2D eigenvalue weighted by atomic mass is 10.1. The van der Waals surface area contributed by atoms with Crippen LogP contribution in [-0.2, 0) is 10.0 Å². The summed E-state index contributed by atoms with van der Waals surface area (Å²) in [5.41, 5.74) is 13.9. The highest BCUT2D eigenvalue weighted by Crippen LogP contribution is 2.21. The zero-order chi connectivity index (χ0) is 24.3. The molecule has 0 radical (unpaired) electrons. The van der Waals surface area contributed by atoms with Crippen LogP contribution in [0, 0.1) is 0 Å². The van der Waals surface area contributed by atoms with Gasteiger partial charge in [0.2, 0.25) is 16.0 Å². The Labute approximate surface area is 202 Å². The van der Waals surface area contributed by atoms with Gasteiger partial charge in [0.15, 0.2) is 0 Å². The van der Waals surface area contributed by atoms with Crippen LogP contribution < -0.4 is 11.5 Å². The van der Waals surface area contributed by atoms with E-state index in [0.717, 1.165) is 11.1 Å². The molecule has 4 rings (SSSR count). The summed E-state index contributed by atoms with van der Waals surface area (Å²) in [5.74, 6) is 0.173. The number of hydrogen-bond donors (Lipinski definition) is 2. The molecule has 0 spiro atoms. The summed E-state index contributed by atoms with van der Waals surface area (Å²) >= 11 is 5.86. The molecule has 0 saturated carbocycles. The maximum absolute atomic E-state index is 12.9. The van der Waals surface area contributed by atoms with E-state index in [1.807, 2.05) is 0 Å². The Kier molecular flexibility index (Phi) is 6.82. The van der Waals surface area contributed by atoms with E-state index in [4.69, 9.17) is 23.1 Å². The summed E-state index contributed by atoms with van der Waals surface area (Å²) in [4.78, 5) is 22.6. The number of amides is 1. The fourth-order valence-corrected chi connectivity index (χ4v) is 4.87. The van der Waals surface area contributed by atoms with Gasteiger partial charge in [0.25, 0.3) is 5.91 Å². The van der Waals surface area contributed by atoms with Crippen molar-refractivity contribution in [3.8, 4) is 11.3 Å². The summed E-state index contributed by atoms with van der Waals surface area (Å²) in [6.45, 7) is 1.04. The SMILES string of the molecule is Nc1cc(-c2ccc(C(=O)N3CCN(S(=O)(=O)C=Cc4ccc(Cl)cc4)CC3)cc2)nc(N)n1. The molecular formula is C23H23ClN6O3S. The molecule has 1 amide bonds. The van der Waals surface area contributed by atoms with Gasteiger partial charge in [0.1, 0.15) is 5.82 Å². The highest BCUT2D eigenvalue weighted by Gasteiger charge is 2.27. The molecule has 176 valence electrons. The van der Waals surface area contributed by atoms with Crippen molar-refractivity contribution >= 4 is 45.4 Å². The maximum Gasteiger partial charge on any atom is 0.253 e. The third-order valence-corrected chi connectivity index (χ3v) is 7.20. The molecule has 4 N–H and O–H groups in total. The Morgan fingerprint density at radius 1 is 0.941 bits per heavy atom. The van der Waals surface area contributed by atoms with Gasteiger partial charge in [-0.1, -0.05) is 35.9 Å². The van der Waals surface area contributed by atoms with Gasteiger partial charge in [0, 0.05) is 53.8 Å². The molecule has 1 aliphatic heterocycles. The van der Waals surface area contributed by atoms with E-state index >= 15 is 0 Å². The van der Waals surface area contributed by atoms with Gasteiger partial charge in [-0.3, -0.25) is 4.79 Å².